The van der Waals surface area contributed by atoms with Crippen LogP contribution in [-0.2, 0) is 0 Å². The summed E-state index contributed by atoms with van der Waals surface area (Å²) in [6, 6.07) is 3.23. The molecule has 1 saturated heterocycles. The number of nitro groups is 1. The highest BCUT2D eigenvalue weighted by molar-refractivity contribution is 5.58. The van der Waals surface area contributed by atoms with Crippen LogP contribution >= 0.6 is 0 Å². The Hall–Kier alpha value is -1.65. The first-order valence-corrected chi connectivity index (χ1v) is 5.55. The van der Waals surface area contributed by atoms with Gasteiger partial charge in [-0.25, -0.2) is 4.98 Å². The minimum absolute atomic E-state index is 0.118. The zero-order chi connectivity index (χ0) is 11.5. The fourth-order valence-electron chi connectivity index (χ4n) is 2.02. The second-order valence-corrected chi connectivity index (χ2v) is 4.10. The van der Waals surface area contributed by atoms with Crippen LogP contribution in [0.2, 0.25) is 0 Å². The van der Waals surface area contributed by atoms with Gasteiger partial charge in [-0.1, -0.05) is 0 Å². The van der Waals surface area contributed by atoms with E-state index in [0.29, 0.717) is 5.82 Å². The molecule has 1 aromatic heterocycles. The lowest BCUT2D eigenvalue weighted by atomic mass is 10.1. The summed E-state index contributed by atoms with van der Waals surface area (Å²) in [6.07, 6.45) is 3.38. The van der Waals surface area contributed by atoms with E-state index in [4.69, 9.17) is 0 Å². The summed E-state index contributed by atoms with van der Waals surface area (Å²) in [5.74, 6) is 0.532. The van der Waals surface area contributed by atoms with Crippen LogP contribution in [0, 0.1) is 17.0 Å². The van der Waals surface area contributed by atoms with Crippen LogP contribution in [0.4, 0.5) is 11.5 Å². The molecule has 1 aromatic rings. The number of aryl methyl sites for hydroxylation is 1. The molecule has 2 rings (SSSR count). The number of rotatable bonds is 2. The zero-order valence-corrected chi connectivity index (χ0v) is 9.35. The molecule has 0 amide bonds. The molecule has 1 fully saturated rings. The lowest BCUT2D eigenvalue weighted by molar-refractivity contribution is -0.384. The largest absolute Gasteiger partial charge is 0.351 e. The first kappa shape index (κ1) is 10.9. The van der Waals surface area contributed by atoms with Crippen LogP contribution in [-0.4, -0.2) is 23.0 Å². The maximum atomic E-state index is 10.9. The topological polar surface area (TPSA) is 59.3 Å². The number of pyridine rings is 1. The summed E-state index contributed by atoms with van der Waals surface area (Å²) >= 11 is 0. The van der Waals surface area contributed by atoms with Crippen LogP contribution in [0.15, 0.2) is 12.1 Å². The summed E-state index contributed by atoms with van der Waals surface area (Å²) < 4.78 is 0. The van der Waals surface area contributed by atoms with Crippen molar-refractivity contribution in [2.24, 2.45) is 0 Å². The Labute approximate surface area is 94.2 Å². The van der Waals surface area contributed by atoms with Gasteiger partial charge in [-0.15, -0.1) is 0 Å². The van der Waals surface area contributed by atoms with Gasteiger partial charge in [0.25, 0.3) is 0 Å². The molecule has 86 valence electrons. The Morgan fingerprint density at radius 3 is 2.62 bits per heavy atom. The van der Waals surface area contributed by atoms with Gasteiger partial charge in [-0.2, -0.15) is 0 Å². The van der Waals surface area contributed by atoms with Crippen molar-refractivity contribution in [3.8, 4) is 0 Å². The second-order valence-electron chi connectivity index (χ2n) is 4.10. The van der Waals surface area contributed by atoms with Gasteiger partial charge < -0.3 is 4.90 Å². The quantitative estimate of drug-likeness (QED) is 0.568. The molecule has 0 aliphatic carbocycles. The molecule has 1 aliphatic rings. The summed E-state index contributed by atoms with van der Waals surface area (Å²) in [4.78, 5) is 16.9. The molecule has 0 saturated carbocycles. The molecule has 0 N–H and O–H groups in total. The van der Waals surface area contributed by atoms with Gasteiger partial charge in [0.2, 0.25) is 5.82 Å². The van der Waals surface area contributed by atoms with Gasteiger partial charge in [0.1, 0.15) is 0 Å². The molecule has 0 spiro atoms. The monoisotopic (exact) mass is 221 g/mol. The molecule has 2 heterocycles. The van der Waals surface area contributed by atoms with Gasteiger partial charge >= 0.3 is 5.69 Å². The SMILES string of the molecule is Cc1ccc([N+](=O)[O-])c(N2CCCCC2)n1. The number of nitrogens with zero attached hydrogens (tertiary/aromatic N) is 3. The Bertz CT molecular complexity index is 400. The molecule has 5 heteroatoms. The minimum atomic E-state index is -0.351. The highest BCUT2D eigenvalue weighted by atomic mass is 16.6. The van der Waals surface area contributed by atoms with E-state index in [1.165, 1.54) is 6.42 Å². The molecule has 0 unspecified atom stereocenters. The summed E-state index contributed by atoms with van der Waals surface area (Å²) in [5, 5.41) is 10.9. The first-order valence-electron chi connectivity index (χ1n) is 5.55. The molecule has 0 atom stereocenters. The van der Waals surface area contributed by atoms with E-state index >= 15 is 0 Å². The molecule has 16 heavy (non-hydrogen) atoms. The van der Waals surface area contributed by atoms with E-state index in [1.54, 1.807) is 12.1 Å². The van der Waals surface area contributed by atoms with Crippen LogP contribution in [0.1, 0.15) is 25.0 Å². The fourth-order valence-corrected chi connectivity index (χ4v) is 2.02. The van der Waals surface area contributed by atoms with Crippen LogP contribution in [0.3, 0.4) is 0 Å². The Kier molecular flexibility index (Phi) is 3.03. The van der Waals surface area contributed by atoms with Gasteiger partial charge in [0.15, 0.2) is 0 Å². The third-order valence-corrected chi connectivity index (χ3v) is 2.85. The van der Waals surface area contributed by atoms with Crippen molar-refractivity contribution in [2.45, 2.75) is 26.2 Å². The zero-order valence-electron chi connectivity index (χ0n) is 9.35. The Morgan fingerprint density at radius 2 is 2.00 bits per heavy atom. The first-order chi connectivity index (χ1) is 7.68. The molecule has 1 aliphatic heterocycles. The average Bonchev–Trinajstić information content (AvgIpc) is 2.29. The number of piperidine rings is 1. The predicted molar refractivity (Wildman–Crippen MR) is 61.7 cm³/mol. The fraction of sp³-hybridized carbons (Fsp3) is 0.545. The highest BCUT2D eigenvalue weighted by Gasteiger charge is 2.22. The lowest BCUT2D eigenvalue weighted by Crippen LogP contribution is -2.30. The lowest BCUT2D eigenvalue weighted by Gasteiger charge is -2.27. The van der Waals surface area contributed by atoms with E-state index in [-0.39, 0.29) is 10.6 Å². The third kappa shape index (κ3) is 2.13. The van der Waals surface area contributed by atoms with Gasteiger partial charge in [-0.3, -0.25) is 10.1 Å². The van der Waals surface area contributed by atoms with Crippen molar-refractivity contribution in [1.29, 1.82) is 0 Å². The molecule has 5 nitrogen and oxygen atoms in total. The standard InChI is InChI=1S/C11H15N3O2/c1-9-5-6-10(14(15)16)11(12-9)13-7-3-2-4-8-13/h5-6H,2-4,7-8H2,1H3. The number of hydrogen-bond acceptors (Lipinski definition) is 4. The maximum Gasteiger partial charge on any atom is 0.311 e. The van der Waals surface area contributed by atoms with E-state index in [2.05, 4.69) is 4.98 Å². The predicted octanol–water partition coefficient (Wildman–Crippen LogP) is 2.29. The van der Waals surface area contributed by atoms with Gasteiger partial charge in [-0.05, 0) is 32.3 Å². The van der Waals surface area contributed by atoms with E-state index in [0.717, 1.165) is 31.6 Å². The third-order valence-electron chi connectivity index (χ3n) is 2.85. The highest BCUT2D eigenvalue weighted by Crippen LogP contribution is 2.28. The molecule has 0 radical (unpaired) electrons. The van der Waals surface area contributed by atoms with Crippen molar-refractivity contribution < 1.29 is 4.92 Å². The average molecular weight is 221 g/mol. The molecular formula is C11H15N3O2. The van der Waals surface area contributed by atoms with Crippen molar-refractivity contribution in [1.82, 2.24) is 4.98 Å². The van der Waals surface area contributed by atoms with Crippen LogP contribution in [0.25, 0.3) is 0 Å². The van der Waals surface area contributed by atoms with E-state index in [9.17, 15) is 10.1 Å². The van der Waals surface area contributed by atoms with Gasteiger partial charge in [0.05, 0.1) is 4.92 Å². The Morgan fingerprint density at radius 1 is 1.31 bits per heavy atom. The molecule has 0 aromatic carbocycles. The summed E-state index contributed by atoms with van der Waals surface area (Å²) in [7, 11) is 0. The van der Waals surface area contributed by atoms with E-state index < -0.39 is 0 Å². The van der Waals surface area contributed by atoms with Crippen molar-refractivity contribution >= 4 is 11.5 Å². The van der Waals surface area contributed by atoms with Gasteiger partial charge in [0, 0.05) is 24.8 Å². The Balaban J connectivity index is 2.36. The summed E-state index contributed by atoms with van der Waals surface area (Å²) in [6.45, 7) is 3.60. The van der Waals surface area contributed by atoms with Crippen molar-refractivity contribution in [3.63, 3.8) is 0 Å². The normalized spacial score (nSPS) is 16.2. The van der Waals surface area contributed by atoms with Crippen molar-refractivity contribution in [3.05, 3.63) is 27.9 Å². The van der Waals surface area contributed by atoms with Crippen molar-refractivity contribution in [2.75, 3.05) is 18.0 Å². The van der Waals surface area contributed by atoms with Crippen LogP contribution in [0.5, 0.6) is 0 Å². The number of anilines is 1. The number of aromatic nitrogens is 1. The number of hydrogen-bond donors (Lipinski definition) is 0. The molecular weight excluding hydrogens is 206 g/mol. The van der Waals surface area contributed by atoms with Crippen LogP contribution < -0.4 is 4.90 Å². The van der Waals surface area contributed by atoms with E-state index in [1.807, 2.05) is 11.8 Å². The molecule has 0 bridgehead atoms. The smallest absolute Gasteiger partial charge is 0.311 e. The summed E-state index contributed by atoms with van der Waals surface area (Å²) in [5.41, 5.74) is 0.943. The minimum Gasteiger partial charge on any atom is -0.351 e. The maximum absolute atomic E-state index is 10.9. The second kappa shape index (κ2) is 4.47.